The van der Waals surface area contributed by atoms with Crippen molar-refractivity contribution >= 4 is 22.0 Å². The minimum atomic E-state index is -3.50. The van der Waals surface area contributed by atoms with Gasteiger partial charge in [-0.05, 0) is 55.9 Å². The highest BCUT2D eigenvalue weighted by molar-refractivity contribution is 7.89. The monoisotopic (exact) mass is 430 g/mol. The summed E-state index contributed by atoms with van der Waals surface area (Å²) in [7, 11) is -3.50. The number of halogens is 1. The summed E-state index contributed by atoms with van der Waals surface area (Å²) in [5.74, 6) is -3.24. The number of aliphatic carboxylic acids is 2. The van der Waals surface area contributed by atoms with Crippen LogP contribution in [0.5, 0.6) is 0 Å². The van der Waals surface area contributed by atoms with Gasteiger partial charge in [0.05, 0.1) is 4.90 Å². The predicted octanol–water partition coefficient (Wildman–Crippen LogP) is 1.87. The third kappa shape index (κ3) is 6.48. The van der Waals surface area contributed by atoms with Gasteiger partial charge < -0.3 is 10.2 Å². The van der Waals surface area contributed by atoms with E-state index in [1.54, 1.807) is 0 Å². The van der Waals surface area contributed by atoms with Crippen molar-refractivity contribution < 1.29 is 32.6 Å². The number of piperazine rings is 1. The van der Waals surface area contributed by atoms with Crippen LogP contribution >= 0.6 is 0 Å². The van der Waals surface area contributed by atoms with E-state index in [9.17, 15) is 12.8 Å². The Balaban J connectivity index is 0.000000438. The van der Waals surface area contributed by atoms with Crippen molar-refractivity contribution in [3.8, 4) is 0 Å². The molecule has 1 aliphatic heterocycles. The number of carbonyl (C=O) groups is 2. The van der Waals surface area contributed by atoms with Gasteiger partial charge in [-0.3, -0.25) is 4.90 Å². The van der Waals surface area contributed by atoms with Crippen molar-refractivity contribution in [3.63, 3.8) is 0 Å². The Morgan fingerprint density at radius 3 is 1.86 bits per heavy atom. The predicted molar refractivity (Wildman–Crippen MR) is 103 cm³/mol. The van der Waals surface area contributed by atoms with Crippen LogP contribution in [0.25, 0.3) is 0 Å². The lowest BCUT2D eigenvalue weighted by molar-refractivity contribution is -0.159. The van der Waals surface area contributed by atoms with Gasteiger partial charge in [0.25, 0.3) is 0 Å². The molecule has 3 rings (SSSR count). The van der Waals surface area contributed by atoms with Gasteiger partial charge in [0.1, 0.15) is 5.82 Å². The first-order valence-electron chi connectivity index (χ1n) is 9.57. The van der Waals surface area contributed by atoms with Crippen molar-refractivity contribution in [2.75, 3.05) is 26.2 Å². The molecule has 2 aliphatic rings. The molecule has 0 spiro atoms. The second kappa shape index (κ2) is 10.1. The number of sulfonamides is 1. The molecule has 1 aliphatic carbocycles. The van der Waals surface area contributed by atoms with Gasteiger partial charge in [-0.15, -0.1) is 0 Å². The van der Waals surface area contributed by atoms with Gasteiger partial charge in [0.2, 0.25) is 10.0 Å². The van der Waals surface area contributed by atoms with Crippen LogP contribution in [0.1, 0.15) is 32.6 Å². The molecule has 2 fully saturated rings. The Hall–Kier alpha value is -2.04. The molecule has 2 N–H and O–H groups in total. The first-order chi connectivity index (χ1) is 13.6. The highest BCUT2D eigenvalue weighted by atomic mass is 32.2. The molecule has 0 aromatic heterocycles. The van der Waals surface area contributed by atoms with Crippen molar-refractivity contribution in [3.05, 3.63) is 30.1 Å². The topological polar surface area (TPSA) is 115 Å². The number of hydrogen-bond donors (Lipinski definition) is 2. The van der Waals surface area contributed by atoms with E-state index >= 15 is 0 Å². The molecule has 1 aromatic carbocycles. The van der Waals surface area contributed by atoms with Crippen molar-refractivity contribution in [2.45, 2.75) is 43.5 Å². The number of hydrogen-bond acceptors (Lipinski definition) is 5. The van der Waals surface area contributed by atoms with E-state index in [2.05, 4.69) is 11.8 Å². The van der Waals surface area contributed by atoms with Crippen LogP contribution in [0.4, 0.5) is 4.39 Å². The third-order valence-electron chi connectivity index (χ3n) is 5.41. The molecule has 0 bridgehead atoms. The zero-order chi connectivity index (χ0) is 21.6. The molecule has 0 atom stereocenters. The van der Waals surface area contributed by atoms with Gasteiger partial charge in [-0.1, -0.05) is 6.92 Å². The average molecular weight is 430 g/mol. The Morgan fingerprint density at radius 2 is 1.41 bits per heavy atom. The van der Waals surface area contributed by atoms with E-state index < -0.39 is 27.8 Å². The van der Waals surface area contributed by atoms with Crippen LogP contribution < -0.4 is 0 Å². The van der Waals surface area contributed by atoms with Crippen LogP contribution in [-0.4, -0.2) is 72.0 Å². The number of nitrogens with zero attached hydrogens (tertiary/aromatic N) is 2. The largest absolute Gasteiger partial charge is 0.473 e. The normalized spacial score (nSPS) is 23.7. The van der Waals surface area contributed by atoms with Crippen LogP contribution in [0.3, 0.4) is 0 Å². The van der Waals surface area contributed by atoms with Gasteiger partial charge in [0.15, 0.2) is 0 Å². The van der Waals surface area contributed by atoms with Gasteiger partial charge in [-0.25, -0.2) is 22.4 Å². The Kier molecular flexibility index (Phi) is 8.12. The van der Waals surface area contributed by atoms with Crippen molar-refractivity contribution in [1.82, 2.24) is 9.21 Å². The van der Waals surface area contributed by atoms with Gasteiger partial charge >= 0.3 is 11.9 Å². The third-order valence-corrected chi connectivity index (χ3v) is 7.32. The number of carboxylic acid groups (broad SMARTS) is 2. The van der Waals surface area contributed by atoms with Crippen molar-refractivity contribution in [2.24, 2.45) is 5.92 Å². The molecule has 162 valence electrons. The minimum Gasteiger partial charge on any atom is -0.473 e. The molecule has 1 heterocycles. The van der Waals surface area contributed by atoms with E-state index in [-0.39, 0.29) is 4.90 Å². The van der Waals surface area contributed by atoms with E-state index in [0.717, 1.165) is 19.0 Å². The molecule has 10 heteroatoms. The van der Waals surface area contributed by atoms with Crippen LogP contribution in [0, 0.1) is 11.7 Å². The quantitative estimate of drug-likeness (QED) is 0.704. The Bertz CT molecular complexity index is 786. The SMILES string of the molecule is CC1CCC(N2CCN(S(=O)(=O)c3ccc(F)cc3)CC2)CC1.O=C(O)C(=O)O. The molecular weight excluding hydrogens is 403 g/mol. The highest BCUT2D eigenvalue weighted by Crippen LogP contribution is 2.28. The fraction of sp³-hybridized carbons (Fsp3) is 0.579. The zero-order valence-corrected chi connectivity index (χ0v) is 17.1. The summed E-state index contributed by atoms with van der Waals surface area (Å²) in [5.41, 5.74) is 0. The Labute approximate surface area is 170 Å². The van der Waals surface area contributed by atoms with E-state index in [1.165, 1.54) is 54.3 Å². The average Bonchev–Trinajstić information content (AvgIpc) is 2.69. The molecule has 1 aromatic rings. The lowest BCUT2D eigenvalue weighted by Crippen LogP contribution is -2.52. The first kappa shape index (κ1) is 23.2. The fourth-order valence-electron chi connectivity index (χ4n) is 3.67. The second-order valence-electron chi connectivity index (χ2n) is 7.42. The summed E-state index contributed by atoms with van der Waals surface area (Å²) in [5, 5.41) is 14.8. The minimum absolute atomic E-state index is 0.179. The molecule has 0 radical (unpaired) electrons. The number of carboxylic acids is 2. The van der Waals surface area contributed by atoms with Crippen LogP contribution in [0.15, 0.2) is 29.2 Å². The summed E-state index contributed by atoms with van der Waals surface area (Å²) in [6.07, 6.45) is 5.01. The molecular formula is C19H27FN2O6S. The maximum atomic E-state index is 13.0. The van der Waals surface area contributed by atoms with Crippen LogP contribution in [-0.2, 0) is 19.6 Å². The smallest absolute Gasteiger partial charge is 0.414 e. The number of benzene rings is 1. The van der Waals surface area contributed by atoms with Crippen molar-refractivity contribution in [1.29, 1.82) is 0 Å². The lowest BCUT2D eigenvalue weighted by Gasteiger charge is -2.41. The van der Waals surface area contributed by atoms with E-state index in [1.807, 2.05) is 0 Å². The fourth-order valence-corrected chi connectivity index (χ4v) is 5.09. The molecule has 29 heavy (non-hydrogen) atoms. The van der Waals surface area contributed by atoms with Gasteiger partial charge in [-0.2, -0.15) is 4.31 Å². The molecule has 1 saturated carbocycles. The molecule has 0 unspecified atom stereocenters. The first-order valence-corrected chi connectivity index (χ1v) is 11.0. The molecule has 8 nitrogen and oxygen atoms in total. The lowest BCUT2D eigenvalue weighted by atomic mass is 9.86. The molecule has 1 saturated heterocycles. The van der Waals surface area contributed by atoms with Gasteiger partial charge in [0, 0.05) is 32.2 Å². The molecule has 0 amide bonds. The summed E-state index contributed by atoms with van der Waals surface area (Å²) >= 11 is 0. The summed E-state index contributed by atoms with van der Waals surface area (Å²) < 4.78 is 39.7. The van der Waals surface area contributed by atoms with E-state index in [4.69, 9.17) is 19.8 Å². The highest BCUT2D eigenvalue weighted by Gasteiger charge is 2.32. The maximum Gasteiger partial charge on any atom is 0.414 e. The number of rotatable bonds is 3. The van der Waals surface area contributed by atoms with Crippen LogP contribution in [0.2, 0.25) is 0 Å². The zero-order valence-electron chi connectivity index (χ0n) is 16.3. The summed E-state index contributed by atoms with van der Waals surface area (Å²) in [6.45, 7) is 4.93. The summed E-state index contributed by atoms with van der Waals surface area (Å²) in [6, 6.07) is 5.71. The standard InChI is InChI=1S/C17H25FN2O2S.C2H2O4/c1-14-2-6-16(7-3-14)19-10-12-20(13-11-19)23(21,22)17-8-4-15(18)5-9-17;3-1(4)2(5)6/h4-5,8-9,14,16H,2-3,6-7,10-13H2,1H3;(H,3,4)(H,5,6). The maximum absolute atomic E-state index is 13.0. The second-order valence-corrected chi connectivity index (χ2v) is 9.36. The van der Waals surface area contributed by atoms with E-state index in [0.29, 0.717) is 19.1 Å². The summed E-state index contributed by atoms with van der Waals surface area (Å²) in [4.78, 5) is 20.8. The Morgan fingerprint density at radius 1 is 0.931 bits per heavy atom.